The fourth-order valence-corrected chi connectivity index (χ4v) is 1.41. The Morgan fingerprint density at radius 1 is 1.50 bits per heavy atom. The number of benzene rings is 1. The molecule has 0 bridgehead atoms. The molecule has 2 rings (SSSR count). The first kappa shape index (κ1) is 10.2. The van der Waals surface area contributed by atoms with Crippen LogP contribution in [0.15, 0.2) is 29.4 Å². The Morgan fingerprint density at radius 3 is 2.81 bits per heavy atom. The summed E-state index contributed by atoms with van der Waals surface area (Å²) in [4.78, 5) is 22.2. The molecule has 1 aliphatic heterocycles. The summed E-state index contributed by atoms with van der Waals surface area (Å²) in [5.74, 6) is -1.55. The number of amides is 1. The van der Waals surface area contributed by atoms with Crippen LogP contribution in [0, 0.1) is 0 Å². The zero-order valence-electron chi connectivity index (χ0n) is 8.25. The molecule has 0 saturated heterocycles. The lowest BCUT2D eigenvalue weighted by Gasteiger charge is -2.11. The highest BCUT2D eigenvalue weighted by Crippen LogP contribution is 2.22. The van der Waals surface area contributed by atoms with E-state index in [0.29, 0.717) is 11.4 Å². The number of hydrogen-bond acceptors (Lipinski definition) is 4. The summed E-state index contributed by atoms with van der Waals surface area (Å²) < 4.78 is 0. The molecule has 1 heterocycles. The number of nitrogens with two attached hydrogens (primary N) is 1. The van der Waals surface area contributed by atoms with Gasteiger partial charge in [0.2, 0.25) is 0 Å². The fraction of sp³-hybridized carbons (Fsp3) is 0.100. The second-order valence-electron chi connectivity index (χ2n) is 3.33. The summed E-state index contributed by atoms with van der Waals surface area (Å²) in [6.45, 7) is 0. The first-order valence-electron chi connectivity index (χ1n) is 4.57. The Hall–Kier alpha value is -2.37. The summed E-state index contributed by atoms with van der Waals surface area (Å²) in [6.07, 6.45) is -0.190. The number of aliphatic carboxylic acids is 1. The summed E-state index contributed by atoms with van der Waals surface area (Å²) in [6, 6.07) is 6.55. The Kier molecular flexibility index (Phi) is 2.32. The molecule has 0 unspecified atom stereocenters. The lowest BCUT2D eigenvalue weighted by Crippen LogP contribution is -2.19. The third-order valence-corrected chi connectivity index (χ3v) is 2.14. The van der Waals surface area contributed by atoms with E-state index in [1.807, 2.05) is 0 Å². The van der Waals surface area contributed by atoms with Gasteiger partial charge in [0.25, 0.3) is 5.91 Å². The summed E-state index contributed by atoms with van der Waals surface area (Å²) >= 11 is 0. The van der Waals surface area contributed by atoms with Crippen LogP contribution in [0.25, 0.3) is 0 Å². The number of hydrogen-bond donors (Lipinski definition) is 2. The van der Waals surface area contributed by atoms with E-state index >= 15 is 0 Å². The van der Waals surface area contributed by atoms with E-state index in [9.17, 15) is 9.59 Å². The third-order valence-electron chi connectivity index (χ3n) is 2.14. The van der Waals surface area contributed by atoms with Gasteiger partial charge in [0.15, 0.2) is 5.71 Å². The van der Waals surface area contributed by atoms with Gasteiger partial charge in [0.1, 0.15) is 0 Å². The average molecular weight is 219 g/mol. The zero-order chi connectivity index (χ0) is 11.7. The van der Waals surface area contributed by atoms with E-state index in [4.69, 9.17) is 10.8 Å². The van der Waals surface area contributed by atoms with Crippen molar-refractivity contribution in [1.29, 1.82) is 0 Å². The molecule has 3 N–H and O–H groups in total. The maximum Gasteiger partial charge on any atom is 0.352 e. The normalized spacial score (nSPS) is 15.1. The average Bonchev–Trinajstić information content (AvgIpc) is 2.60. The monoisotopic (exact) mass is 219 g/mol. The van der Waals surface area contributed by atoms with Gasteiger partial charge in [0, 0.05) is 5.69 Å². The first-order chi connectivity index (χ1) is 7.58. The molecule has 0 spiro atoms. The van der Waals surface area contributed by atoms with Gasteiger partial charge in [0.05, 0.1) is 12.1 Å². The number of carboxylic acid groups (broad SMARTS) is 1. The number of anilines is 2. The number of carboxylic acids is 1. The van der Waals surface area contributed by atoms with Crippen molar-refractivity contribution < 1.29 is 14.7 Å². The molecule has 1 amide bonds. The maximum atomic E-state index is 11.5. The molecule has 1 aliphatic rings. The molecule has 1 aromatic carbocycles. The summed E-state index contributed by atoms with van der Waals surface area (Å²) in [7, 11) is 0. The standard InChI is InChI=1S/C10H9N3O3/c11-6-2-1-3-7(4-6)13-9(14)5-8(12-13)10(15)16/h1-4H,5,11H2,(H,15,16). The van der Waals surface area contributed by atoms with Crippen molar-refractivity contribution in [2.45, 2.75) is 6.42 Å². The molecule has 0 fully saturated rings. The van der Waals surface area contributed by atoms with Gasteiger partial charge in [-0.3, -0.25) is 4.79 Å². The largest absolute Gasteiger partial charge is 0.477 e. The van der Waals surface area contributed by atoms with Crippen LogP contribution in [0.4, 0.5) is 11.4 Å². The molecule has 0 aliphatic carbocycles. The van der Waals surface area contributed by atoms with E-state index < -0.39 is 5.97 Å². The van der Waals surface area contributed by atoms with Crippen LogP contribution in [0.2, 0.25) is 0 Å². The van der Waals surface area contributed by atoms with Crippen molar-refractivity contribution in [3.8, 4) is 0 Å². The lowest BCUT2D eigenvalue weighted by molar-refractivity contribution is -0.129. The molecule has 0 radical (unpaired) electrons. The SMILES string of the molecule is Nc1cccc(N2N=C(C(=O)O)CC2=O)c1. The smallest absolute Gasteiger partial charge is 0.352 e. The van der Waals surface area contributed by atoms with E-state index in [0.717, 1.165) is 5.01 Å². The minimum atomic E-state index is -1.18. The topological polar surface area (TPSA) is 96.0 Å². The van der Waals surface area contributed by atoms with Crippen LogP contribution in [0.5, 0.6) is 0 Å². The highest BCUT2D eigenvalue weighted by molar-refractivity contribution is 6.42. The van der Waals surface area contributed by atoms with Crippen molar-refractivity contribution in [3.63, 3.8) is 0 Å². The molecule has 0 atom stereocenters. The van der Waals surface area contributed by atoms with E-state index in [1.54, 1.807) is 24.3 Å². The second-order valence-corrected chi connectivity index (χ2v) is 3.33. The van der Waals surface area contributed by atoms with Crippen molar-refractivity contribution in [2.24, 2.45) is 5.10 Å². The van der Waals surface area contributed by atoms with Crippen LogP contribution < -0.4 is 10.7 Å². The predicted molar refractivity (Wildman–Crippen MR) is 58.0 cm³/mol. The van der Waals surface area contributed by atoms with Gasteiger partial charge in [-0.2, -0.15) is 10.1 Å². The van der Waals surface area contributed by atoms with Crippen LogP contribution >= 0.6 is 0 Å². The van der Waals surface area contributed by atoms with E-state index in [-0.39, 0.29) is 18.0 Å². The molecule has 16 heavy (non-hydrogen) atoms. The van der Waals surface area contributed by atoms with Crippen LogP contribution in [0.3, 0.4) is 0 Å². The highest BCUT2D eigenvalue weighted by Gasteiger charge is 2.28. The van der Waals surface area contributed by atoms with Gasteiger partial charge < -0.3 is 10.8 Å². The summed E-state index contributed by atoms with van der Waals surface area (Å²) in [5, 5.41) is 13.5. The first-order valence-corrected chi connectivity index (χ1v) is 4.57. The highest BCUT2D eigenvalue weighted by atomic mass is 16.4. The minimum Gasteiger partial charge on any atom is -0.477 e. The van der Waals surface area contributed by atoms with Crippen LogP contribution in [-0.4, -0.2) is 22.7 Å². The molecule has 1 aromatic rings. The molecular weight excluding hydrogens is 210 g/mol. The Balaban J connectivity index is 2.35. The van der Waals surface area contributed by atoms with Crippen molar-refractivity contribution in [2.75, 3.05) is 10.7 Å². The zero-order valence-corrected chi connectivity index (χ0v) is 8.25. The third kappa shape index (κ3) is 1.72. The molecular formula is C10H9N3O3. The quantitative estimate of drug-likeness (QED) is 0.705. The number of carbonyl (C=O) groups is 2. The Bertz CT molecular complexity index is 496. The number of carbonyl (C=O) groups excluding carboxylic acids is 1. The van der Waals surface area contributed by atoms with Gasteiger partial charge in [-0.25, -0.2) is 4.79 Å². The van der Waals surface area contributed by atoms with Crippen LogP contribution in [0.1, 0.15) is 6.42 Å². The molecule has 0 saturated carbocycles. The Labute approximate surface area is 91.0 Å². The van der Waals surface area contributed by atoms with Crippen molar-refractivity contribution >= 4 is 29.0 Å². The molecule has 6 heteroatoms. The van der Waals surface area contributed by atoms with E-state index in [2.05, 4.69) is 5.10 Å². The minimum absolute atomic E-state index is 0.160. The molecule has 82 valence electrons. The Morgan fingerprint density at radius 2 is 2.25 bits per heavy atom. The number of rotatable bonds is 2. The van der Waals surface area contributed by atoms with Gasteiger partial charge in [-0.15, -0.1) is 0 Å². The van der Waals surface area contributed by atoms with Crippen molar-refractivity contribution in [3.05, 3.63) is 24.3 Å². The van der Waals surface area contributed by atoms with Gasteiger partial charge >= 0.3 is 5.97 Å². The fourth-order valence-electron chi connectivity index (χ4n) is 1.41. The molecule has 0 aromatic heterocycles. The predicted octanol–water partition coefficient (Wildman–Crippen LogP) is 0.446. The van der Waals surface area contributed by atoms with E-state index in [1.165, 1.54) is 0 Å². The second kappa shape index (κ2) is 3.65. The number of nitrogen functional groups attached to an aromatic ring is 1. The summed E-state index contributed by atoms with van der Waals surface area (Å²) in [5.41, 5.74) is 6.37. The van der Waals surface area contributed by atoms with Gasteiger partial charge in [-0.1, -0.05) is 6.07 Å². The lowest BCUT2D eigenvalue weighted by atomic mass is 10.2. The van der Waals surface area contributed by atoms with Gasteiger partial charge in [-0.05, 0) is 18.2 Å². The van der Waals surface area contributed by atoms with Crippen LogP contribution in [-0.2, 0) is 9.59 Å². The maximum absolute atomic E-state index is 11.5. The molecule has 6 nitrogen and oxygen atoms in total. The van der Waals surface area contributed by atoms with Crippen molar-refractivity contribution in [1.82, 2.24) is 0 Å². The number of nitrogens with zero attached hydrogens (tertiary/aromatic N) is 2. The number of hydrazone groups is 1.